The van der Waals surface area contributed by atoms with Crippen LogP contribution in [0.2, 0.25) is 0 Å². The maximum absolute atomic E-state index is 13.3. The van der Waals surface area contributed by atoms with Gasteiger partial charge in [-0.05, 0) is 88.5 Å². The minimum atomic E-state index is -2.29. The molecule has 19 atom stereocenters. The number of nitrogens with two attached hydrogens (primary N) is 1. The monoisotopic (exact) mass is 1110 g/mol. The van der Waals surface area contributed by atoms with E-state index < -0.39 is 135 Å². The molecule has 0 amide bonds. The first-order valence-corrected chi connectivity index (χ1v) is 27.5. The van der Waals surface area contributed by atoms with E-state index >= 15 is 0 Å². The highest BCUT2D eigenvalue weighted by molar-refractivity contribution is 5.96. The number of carboxylic acid groups (broad SMARTS) is 1. The minimum Gasteiger partial charge on any atom is -0.481 e. The second kappa shape index (κ2) is 33.9. The molecule has 1 aromatic carbocycles. The molecule has 3 aliphatic rings. The SMILES string of the molecule is CNc1ccc(C(=O)CC(O)CCC(C)C2OC(=O)CC(O)CC(O)CCCC(O)CC(O)CC(O)CC3(O)CC(O)C(C(=O)O)[C@H](CC(OC4O[C@H](C)[C@@H](O)[C@H](N)[C@H]4O)/C=C/C=C/C=C/C=C\C=C/C=C/C=C/C2C)O3)cc1. The molecule has 442 valence electrons. The third-order valence-corrected chi connectivity index (χ3v) is 14.5. The first kappa shape index (κ1) is 66.8. The number of carbonyl (C=O) groups excluding carboxylic acids is 2. The lowest BCUT2D eigenvalue weighted by molar-refractivity contribution is -0.308. The molecule has 20 heteroatoms. The lowest BCUT2D eigenvalue weighted by Crippen LogP contribution is -2.61. The van der Waals surface area contributed by atoms with Crippen LogP contribution in [-0.2, 0) is 28.5 Å². The van der Waals surface area contributed by atoms with E-state index in [1.54, 1.807) is 92.1 Å². The molecule has 0 radical (unpaired) electrons. The number of hydrogen-bond acceptors (Lipinski definition) is 19. The summed E-state index contributed by atoms with van der Waals surface area (Å²) in [5.41, 5.74) is 7.39. The summed E-state index contributed by atoms with van der Waals surface area (Å²) >= 11 is 0. The van der Waals surface area contributed by atoms with Crippen LogP contribution < -0.4 is 11.1 Å². The minimum absolute atomic E-state index is 0.0782. The van der Waals surface area contributed by atoms with Gasteiger partial charge in [-0.2, -0.15) is 0 Å². The van der Waals surface area contributed by atoms with E-state index in [2.05, 4.69) is 5.32 Å². The average Bonchev–Trinajstić information content (AvgIpc) is 3.40. The Morgan fingerprint density at radius 3 is 1.89 bits per heavy atom. The van der Waals surface area contributed by atoms with Crippen LogP contribution in [0.15, 0.2) is 109 Å². The van der Waals surface area contributed by atoms with Gasteiger partial charge in [0.15, 0.2) is 17.9 Å². The zero-order valence-electron chi connectivity index (χ0n) is 45.8. The van der Waals surface area contributed by atoms with E-state index in [1.165, 1.54) is 13.0 Å². The van der Waals surface area contributed by atoms with Gasteiger partial charge in [0.2, 0.25) is 0 Å². The second-order valence-electron chi connectivity index (χ2n) is 21.4. The van der Waals surface area contributed by atoms with Gasteiger partial charge in [-0.15, -0.1) is 0 Å². The highest BCUT2D eigenvalue weighted by atomic mass is 16.7. The number of ketones is 1. The molecule has 3 aliphatic heterocycles. The van der Waals surface area contributed by atoms with Crippen molar-refractivity contribution in [1.29, 1.82) is 0 Å². The number of fused-ring (bicyclic) bond motifs is 2. The first-order chi connectivity index (χ1) is 37.5. The van der Waals surface area contributed by atoms with Gasteiger partial charge in [0.05, 0.1) is 79.6 Å². The summed E-state index contributed by atoms with van der Waals surface area (Å²) in [6.07, 6.45) is 6.09. The van der Waals surface area contributed by atoms with Gasteiger partial charge < -0.3 is 86.2 Å². The van der Waals surface area contributed by atoms with E-state index in [0.717, 1.165) is 5.69 Å². The van der Waals surface area contributed by atoms with Crippen LogP contribution in [-0.4, -0.2) is 178 Å². The molecule has 3 heterocycles. The van der Waals surface area contributed by atoms with Crippen molar-refractivity contribution in [2.45, 2.75) is 202 Å². The van der Waals surface area contributed by atoms with Crippen LogP contribution in [0.4, 0.5) is 5.69 Å². The Hall–Kier alpha value is -4.75. The molecule has 0 aromatic heterocycles. The van der Waals surface area contributed by atoms with E-state index in [9.17, 15) is 70.6 Å². The van der Waals surface area contributed by atoms with Gasteiger partial charge in [-0.25, -0.2) is 0 Å². The average molecular weight is 1110 g/mol. The number of cyclic esters (lactones) is 1. The van der Waals surface area contributed by atoms with Crippen molar-refractivity contribution in [2.24, 2.45) is 23.5 Å². The van der Waals surface area contributed by atoms with Crippen LogP contribution in [0.25, 0.3) is 0 Å². The summed E-state index contributed by atoms with van der Waals surface area (Å²) in [5, 5.41) is 122. The quantitative estimate of drug-likeness (QED) is 0.111. The number of esters is 1. The Bertz CT molecular complexity index is 2220. The summed E-state index contributed by atoms with van der Waals surface area (Å²) in [7, 11) is 1.78. The standard InChI is InChI=1S/C59H88N2O18/c1-36-18-15-13-11-9-7-5-6-8-10-12-14-16-21-47(77-58-55(72)53(60)54(71)38(3)76-58)33-50-52(57(73)74)49(69)35-59(75,79-50)34-46(67)30-44(65)28-41(62)19-17-20-42(63)29-45(66)32-51(70)78-56(36)37(2)22-27-43(64)31-48(68)39-23-25-40(61-4)26-24-39/h5-16,18,21,23-26,36-38,41-47,49-50,52-56,58,61-67,69,71-72,75H,17,19-20,22,27-35,60H2,1-4H3,(H,73,74)/b6-5-,9-7-,10-8+,13-11+,14-12+,18-15+,21-16+/t36?,37?,38-,41?,42?,43?,44?,45?,46?,47?,49?,50+,52?,53+,54-,55-,56?,58?,59?/m1/s1. The van der Waals surface area contributed by atoms with Crippen LogP contribution >= 0.6 is 0 Å². The molecule has 79 heavy (non-hydrogen) atoms. The topological polar surface area (TPSA) is 349 Å². The smallest absolute Gasteiger partial charge is 0.311 e. The molecule has 0 saturated carbocycles. The number of aliphatic hydroxyl groups excluding tert-OH is 9. The predicted octanol–water partition coefficient (Wildman–Crippen LogP) is 3.57. The number of aliphatic hydroxyl groups is 10. The Labute approximate surface area is 463 Å². The van der Waals surface area contributed by atoms with Crippen molar-refractivity contribution in [3.8, 4) is 0 Å². The number of allylic oxidation sites excluding steroid dienone is 12. The number of benzene rings is 1. The highest BCUT2D eigenvalue weighted by Gasteiger charge is 2.51. The molecule has 14 unspecified atom stereocenters. The first-order valence-electron chi connectivity index (χ1n) is 27.5. The zero-order valence-corrected chi connectivity index (χ0v) is 45.8. The second-order valence-corrected chi connectivity index (χ2v) is 21.4. The van der Waals surface area contributed by atoms with Crippen molar-refractivity contribution in [1.82, 2.24) is 0 Å². The highest BCUT2D eigenvalue weighted by Crippen LogP contribution is 2.38. The number of ether oxygens (including phenoxy) is 4. The number of aliphatic carboxylic acids is 1. The lowest BCUT2D eigenvalue weighted by atomic mass is 9.82. The van der Waals surface area contributed by atoms with Crippen LogP contribution in [0.3, 0.4) is 0 Å². The summed E-state index contributed by atoms with van der Waals surface area (Å²) < 4.78 is 23.8. The molecule has 1 aromatic rings. The van der Waals surface area contributed by atoms with E-state index in [1.807, 2.05) is 32.1 Å². The molecule has 0 aliphatic carbocycles. The van der Waals surface area contributed by atoms with Crippen molar-refractivity contribution < 1.29 is 89.5 Å². The van der Waals surface area contributed by atoms with E-state index in [4.69, 9.17) is 24.7 Å². The van der Waals surface area contributed by atoms with Crippen molar-refractivity contribution >= 4 is 23.4 Å². The summed E-state index contributed by atoms with van der Waals surface area (Å²) in [5.74, 6) is -6.77. The number of Topliss-reactive ketones (excluding diaryl/α,β-unsaturated/α-hetero) is 1. The Morgan fingerprint density at radius 1 is 0.747 bits per heavy atom. The summed E-state index contributed by atoms with van der Waals surface area (Å²) in [6, 6.07) is 5.82. The normalized spacial score (nSPS) is 38.3. The fourth-order valence-electron chi connectivity index (χ4n) is 10.1. The van der Waals surface area contributed by atoms with E-state index in [-0.39, 0.29) is 75.4 Å². The largest absolute Gasteiger partial charge is 0.481 e. The van der Waals surface area contributed by atoms with Crippen LogP contribution in [0.5, 0.6) is 0 Å². The molecule has 2 saturated heterocycles. The number of hydrogen-bond donors (Lipinski definition) is 13. The molecule has 2 bridgehead atoms. The number of anilines is 1. The molecule has 0 spiro atoms. The Kier molecular flexibility index (Phi) is 28.6. The summed E-state index contributed by atoms with van der Waals surface area (Å²) in [6.45, 7) is 5.31. The third kappa shape index (κ3) is 23.3. The van der Waals surface area contributed by atoms with Crippen molar-refractivity contribution in [3.63, 3.8) is 0 Å². The maximum Gasteiger partial charge on any atom is 0.311 e. The predicted molar refractivity (Wildman–Crippen MR) is 295 cm³/mol. The molecule has 14 N–H and O–H groups in total. The molecule has 4 rings (SSSR count). The third-order valence-electron chi connectivity index (χ3n) is 14.5. The zero-order chi connectivity index (χ0) is 58.2. The molecule has 20 nitrogen and oxygen atoms in total. The fourth-order valence-corrected chi connectivity index (χ4v) is 10.1. The molecule has 2 fully saturated rings. The van der Waals surface area contributed by atoms with E-state index in [0.29, 0.717) is 12.0 Å². The summed E-state index contributed by atoms with van der Waals surface area (Å²) in [4.78, 5) is 38.8. The van der Waals surface area contributed by atoms with Crippen molar-refractivity contribution in [3.05, 3.63) is 115 Å². The van der Waals surface area contributed by atoms with Crippen LogP contribution in [0, 0.1) is 17.8 Å². The number of carbonyl (C=O) groups is 3. The van der Waals surface area contributed by atoms with Crippen molar-refractivity contribution in [2.75, 3.05) is 12.4 Å². The van der Waals surface area contributed by atoms with Gasteiger partial charge in [0.25, 0.3) is 0 Å². The van der Waals surface area contributed by atoms with Crippen LogP contribution in [0.1, 0.15) is 115 Å². The Morgan fingerprint density at radius 2 is 1.30 bits per heavy atom. The van der Waals surface area contributed by atoms with Gasteiger partial charge >= 0.3 is 11.9 Å². The maximum atomic E-state index is 13.3. The van der Waals surface area contributed by atoms with Gasteiger partial charge in [0.1, 0.15) is 18.1 Å². The number of nitrogens with one attached hydrogen (secondary N) is 1. The molecular formula is C59H88N2O18. The van der Waals surface area contributed by atoms with Gasteiger partial charge in [-0.1, -0.05) is 98.9 Å². The lowest BCUT2D eigenvalue weighted by Gasteiger charge is -2.45. The molecular weight excluding hydrogens is 1020 g/mol. The Balaban J connectivity index is 1.52. The van der Waals surface area contributed by atoms with Gasteiger partial charge in [-0.3, -0.25) is 14.4 Å². The number of rotatable bonds is 11. The fraction of sp³-hybridized carbons (Fsp3) is 0.610. The van der Waals surface area contributed by atoms with Gasteiger partial charge in [0, 0.05) is 49.9 Å². The number of carboxylic acids is 1.